The summed E-state index contributed by atoms with van der Waals surface area (Å²) >= 11 is 0. The fourth-order valence-electron chi connectivity index (χ4n) is 6.61. The minimum absolute atomic E-state index is 0.406. The monoisotopic (exact) mass is 760 g/mol. The summed E-state index contributed by atoms with van der Waals surface area (Å²) in [7, 11) is 0. The Morgan fingerprint density at radius 1 is 0.464 bits per heavy atom. The zero-order chi connectivity index (χ0) is 40.3. The third-order valence-electron chi connectivity index (χ3n) is 10.0. The highest BCUT2D eigenvalue weighted by Crippen LogP contribution is 2.40. The number of pyridine rings is 3. The molecule has 302 valence electrons. The van der Waals surface area contributed by atoms with E-state index < -0.39 is 0 Å². The SMILES string of the molecule is CC(C)CCC[C@H](C)COc1cc(C#Cc2cc(-c3ccccn3)nc(-c3ccccn3)c2)cc(OC[C@@H](C)CCCC(C)C)c1OC[C@@H](C)CCCC(C)C. The molecule has 3 aromatic heterocycles. The lowest BCUT2D eigenvalue weighted by atomic mass is 10.00. The Balaban J connectivity index is 1.72. The summed E-state index contributed by atoms with van der Waals surface area (Å²) in [6.07, 6.45) is 14.2. The number of rotatable bonds is 23. The predicted octanol–water partition coefficient (Wildman–Crippen LogP) is 13.1. The van der Waals surface area contributed by atoms with Crippen LogP contribution in [0, 0.1) is 47.3 Å². The molecule has 0 bridgehead atoms. The molecule has 0 radical (unpaired) electrons. The van der Waals surface area contributed by atoms with E-state index in [4.69, 9.17) is 19.2 Å². The molecular weight excluding hydrogens is 691 g/mol. The maximum Gasteiger partial charge on any atom is 0.203 e. The molecule has 0 aliphatic carbocycles. The van der Waals surface area contributed by atoms with Crippen molar-refractivity contribution in [3.8, 4) is 51.9 Å². The van der Waals surface area contributed by atoms with Crippen LogP contribution in [-0.4, -0.2) is 34.8 Å². The summed E-state index contributed by atoms with van der Waals surface area (Å²) in [5, 5.41) is 0. The van der Waals surface area contributed by atoms with E-state index in [0.29, 0.717) is 72.6 Å². The molecule has 3 heterocycles. The summed E-state index contributed by atoms with van der Waals surface area (Å²) in [5.74, 6) is 12.3. The number of nitrogens with zero attached hydrogens (tertiary/aromatic N) is 3. The second kappa shape index (κ2) is 23.6. The molecule has 0 unspecified atom stereocenters. The smallest absolute Gasteiger partial charge is 0.203 e. The van der Waals surface area contributed by atoms with Gasteiger partial charge in [-0.15, -0.1) is 0 Å². The van der Waals surface area contributed by atoms with E-state index in [1.165, 1.54) is 38.5 Å². The molecule has 0 spiro atoms. The molecule has 0 saturated carbocycles. The van der Waals surface area contributed by atoms with Gasteiger partial charge in [0.25, 0.3) is 0 Å². The van der Waals surface area contributed by atoms with Crippen molar-refractivity contribution >= 4 is 0 Å². The second-order valence-corrected chi connectivity index (χ2v) is 17.3. The Hall–Kier alpha value is -4.37. The Labute approximate surface area is 339 Å². The summed E-state index contributed by atoms with van der Waals surface area (Å²) in [5.41, 5.74) is 4.68. The van der Waals surface area contributed by atoms with Gasteiger partial charge in [-0.1, -0.05) is 125 Å². The fourth-order valence-corrected chi connectivity index (χ4v) is 6.61. The topological polar surface area (TPSA) is 66.4 Å². The summed E-state index contributed by atoms with van der Waals surface area (Å²) in [4.78, 5) is 14.1. The number of benzene rings is 1. The summed E-state index contributed by atoms with van der Waals surface area (Å²) in [6, 6.07) is 19.7. The maximum absolute atomic E-state index is 6.70. The predicted molar refractivity (Wildman–Crippen MR) is 233 cm³/mol. The van der Waals surface area contributed by atoms with Gasteiger partial charge in [-0.25, -0.2) is 4.98 Å². The first-order chi connectivity index (χ1) is 27.0. The van der Waals surface area contributed by atoms with E-state index in [9.17, 15) is 0 Å². The highest BCUT2D eigenvalue weighted by atomic mass is 16.5. The van der Waals surface area contributed by atoms with Crippen molar-refractivity contribution in [2.75, 3.05) is 19.8 Å². The van der Waals surface area contributed by atoms with Gasteiger partial charge in [-0.05, 0) is 103 Å². The lowest BCUT2D eigenvalue weighted by Crippen LogP contribution is -2.15. The van der Waals surface area contributed by atoms with E-state index in [1.807, 2.05) is 60.7 Å². The summed E-state index contributed by atoms with van der Waals surface area (Å²) < 4.78 is 20.1. The average molecular weight is 760 g/mol. The molecule has 0 N–H and O–H groups in total. The Kier molecular flexibility index (Phi) is 18.7. The van der Waals surface area contributed by atoms with Crippen molar-refractivity contribution in [3.05, 3.63) is 84.2 Å². The van der Waals surface area contributed by atoms with E-state index in [2.05, 4.69) is 84.1 Å². The Morgan fingerprint density at radius 3 is 1.23 bits per heavy atom. The Bertz CT molecular complexity index is 1680. The van der Waals surface area contributed by atoms with Gasteiger partial charge in [0.05, 0.1) is 42.6 Å². The van der Waals surface area contributed by atoms with Gasteiger partial charge in [0, 0.05) is 23.5 Å². The molecule has 6 nitrogen and oxygen atoms in total. The van der Waals surface area contributed by atoms with Crippen LogP contribution >= 0.6 is 0 Å². The number of hydrogen-bond acceptors (Lipinski definition) is 6. The van der Waals surface area contributed by atoms with Crippen molar-refractivity contribution in [2.24, 2.45) is 35.5 Å². The van der Waals surface area contributed by atoms with Gasteiger partial charge in [-0.3, -0.25) is 9.97 Å². The zero-order valence-electron chi connectivity index (χ0n) is 35.9. The number of ether oxygens (including phenoxy) is 3. The largest absolute Gasteiger partial charge is 0.489 e. The number of aromatic nitrogens is 3. The first-order valence-corrected chi connectivity index (χ1v) is 21.4. The van der Waals surface area contributed by atoms with Crippen molar-refractivity contribution < 1.29 is 14.2 Å². The third-order valence-corrected chi connectivity index (χ3v) is 10.0. The van der Waals surface area contributed by atoms with E-state index in [1.54, 1.807) is 12.4 Å². The van der Waals surface area contributed by atoms with E-state index in [0.717, 1.165) is 53.2 Å². The molecule has 1 aromatic carbocycles. The van der Waals surface area contributed by atoms with Crippen molar-refractivity contribution in [3.63, 3.8) is 0 Å². The van der Waals surface area contributed by atoms with Gasteiger partial charge in [0.15, 0.2) is 11.5 Å². The van der Waals surface area contributed by atoms with Crippen LogP contribution in [0.15, 0.2) is 73.1 Å². The van der Waals surface area contributed by atoms with E-state index in [-0.39, 0.29) is 0 Å². The maximum atomic E-state index is 6.70. The minimum atomic E-state index is 0.406. The minimum Gasteiger partial charge on any atom is -0.489 e. The molecule has 0 saturated heterocycles. The lowest BCUT2D eigenvalue weighted by molar-refractivity contribution is 0.191. The molecule has 4 aromatic rings. The normalized spacial score (nSPS) is 13.0. The van der Waals surface area contributed by atoms with Crippen LogP contribution in [0.4, 0.5) is 0 Å². The third kappa shape index (κ3) is 16.0. The highest BCUT2D eigenvalue weighted by molar-refractivity contribution is 5.66. The first-order valence-electron chi connectivity index (χ1n) is 21.4. The zero-order valence-corrected chi connectivity index (χ0v) is 35.9. The van der Waals surface area contributed by atoms with Crippen LogP contribution in [0.25, 0.3) is 22.8 Å². The molecule has 56 heavy (non-hydrogen) atoms. The van der Waals surface area contributed by atoms with Crippen LogP contribution in [0.5, 0.6) is 17.2 Å². The standard InChI is InChI=1S/C50H69N3O3/c1-36(2)17-14-20-39(7)33-54-48-31-43(26-25-42-29-46(44-23-10-12-27-51-44)53-47(30-42)45-24-11-13-28-52-45)32-49(55-34-40(8)21-15-18-37(3)4)50(48)56-35-41(9)22-16-19-38(5)6/h10-13,23-24,27-32,36-41H,14-22,33-35H2,1-9H3/t39-,40-,41-/m0/s1. The second-order valence-electron chi connectivity index (χ2n) is 17.3. The van der Waals surface area contributed by atoms with Gasteiger partial charge < -0.3 is 14.2 Å². The lowest BCUT2D eigenvalue weighted by Gasteiger charge is -2.22. The molecule has 0 amide bonds. The van der Waals surface area contributed by atoms with Crippen molar-refractivity contribution in [2.45, 2.75) is 120 Å². The van der Waals surface area contributed by atoms with Gasteiger partial charge >= 0.3 is 0 Å². The highest BCUT2D eigenvalue weighted by Gasteiger charge is 2.19. The molecule has 4 rings (SSSR count). The molecule has 0 fully saturated rings. The van der Waals surface area contributed by atoms with Crippen LogP contribution in [-0.2, 0) is 0 Å². The number of hydrogen-bond donors (Lipinski definition) is 0. The van der Waals surface area contributed by atoms with Gasteiger partial charge in [-0.2, -0.15) is 0 Å². The van der Waals surface area contributed by atoms with Gasteiger partial charge in [0.1, 0.15) is 0 Å². The Morgan fingerprint density at radius 2 is 0.857 bits per heavy atom. The molecule has 0 aliphatic rings. The van der Waals surface area contributed by atoms with Crippen LogP contribution in [0.1, 0.15) is 131 Å². The van der Waals surface area contributed by atoms with E-state index >= 15 is 0 Å². The first kappa shape index (κ1) is 44.3. The van der Waals surface area contributed by atoms with Crippen molar-refractivity contribution in [1.82, 2.24) is 15.0 Å². The van der Waals surface area contributed by atoms with Crippen LogP contribution < -0.4 is 14.2 Å². The quantitative estimate of drug-likeness (QED) is 0.0702. The van der Waals surface area contributed by atoms with Crippen LogP contribution in [0.3, 0.4) is 0 Å². The molecule has 0 aliphatic heterocycles. The average Bonchev–Trinajstić information content (AvgIpc) is 3.18. The van der Waals surface area contributed by atoms with Crippen molar-refractivity contribution in [1.29, 1.82) is 0 Å². The van der Waals surface area contributed by atoms with Crippen LogP contribution in [0.2, 0.25) is 0 Å². The molecule has 3 atom stereocenters. The fraction of sp³-hybridized carbons (Fsp3) is 0.540. The molecular formula is C50H69N3O3. The summed E-state index contributed by atoms with van der Waals surface area (Å²) in [6.45, 7) is 22.4. The molecule has 6 heteroatoms. The van der Waals surface area contributed by atoms with Gasteiger partial charge in [0.2, 0.25) is 5.75 Å².